The molecule has 4 heterocycles. The highest BCUT2D eigenvalue weighted by Crippen LogP contribution is 2.31. The lowest BCUT2D eigenvalue weighted by atomic mass is 10.1. The Balaban J connectivity index is 1.19. The summed E-state index contributed by atoms with van der Waals surface area (Å²) in [5, 5.41) is 5.89. The Morgan fingerprint density at radius 3 is 2.79 bits per heavy atom. The number of nitrogens with zero attached hydrogens (tertiary/aromatic N) is 2. The summed E-state index contributed by atoms with van der Waals surface area (Å²) in [5.74, 6) is 0.983. The largest absolute Gasteiger partial charge is 0.463 e. The summed E-state index contributed by atoms with van der Waals surface area (Å²) in [6, 6.07) is 11.8. The molecule has 5 rings (SSSR count). The maximum atomic E-state index is 12.4. The lowest BCUT2D eigenvalue weighted by Crippen LogP contribution is -2.38. The second-order valence-electron chi connectivity index (χ2n) is 7.80. The molecule has 0 unspecified atom stereocenters. The predicted molar refractivity (Wildman–Crippen MR) is 117 cm³/mol. The Morgan fingerprint density at radius 1 is 1.09 bits per heavy atom. The summed E-state index contributed by atoms with van der Waals surface area (Å²) in [7, 11) is 0. The second kappa shape index (κ2) is 9.00. The normalized spacial score (nSPS) is 23.7. The summed E-state index contributed by atoms with van der Waals surface area (Å²) in [4.78, 5) is 32.7. The number of amides is 1. The zero-order valence-corrected chi connectivity index (χ0v) is 17.8. The first-order valence-corrected chi connectivity index (χ1v) is 10.5. The molecule has 2 aromatic heterocycles. The van der Waals surface area contributed by atoms with E-state index in [4.69, 9.17) is 18.6 Å². The van der Waals surface area contributed by atoms with Gasteiger partial charge in [0.25, 0.3) is 0 Å². The van der Waals surface area contributed by atoms with E-state index < -0.39 is 18.3 Å². The maximum Gasteiger partial charge on any atom is 0.412 e. The number of Topliss-reactive ketones (excluding diaryl/α,β-unsaturated/α-hetero) is 1. The van der Waals surface area contributed by atoms with Crippen molar-refractivity contribution in [3.05, 3.63) is 60.5 Å². The molecule has 170 valence electrons. The number of benzene rings is 1. The Kier molecular flexibility index (Phi) is 5.76. The van der Waals surface area contributed by atoms with E-state index in [0.717, 1.165) is 0 Å². The fraction of sp³-hybridized carbons (Fsp3) is 0.304. The summed E-state index contributed by atoms with van der Waals surface area (Å²) in [6.45, 7) is 2.03. The summed E-state index contributed by atoms with van der Waals surface area (Å²) < 4.78 is 22.7. The molecule has 2 N–H and O–H groups in total. The number of fused-ring (bicyclic) bond motifs is 1. The van der Waals surface area contributed by atoms with E-state index in [-0.39, 0.29) is 24.5 Å². The average Bonchev–Trinajstić information content (AvgIpc) is 3.55. The van der Waals surface area contributed by atoms with E-state index in [1.165, 1.54) is 6.92 Å². The van der Waals surface area contributed by atoms with Crippen molar-refractivity contribution in [2.24, 2.45) is 0 Å². The van der Waals surface area contributed by atoms with Gasteiger partial charge in [0, 0.05) is 17.4 Å². The Morgan fingerprint density at radius 2 is 1.97 bits per heavy atom. The van der Waals surface area contributed by atoms with Gasteiger partial charge in [-0.1, -0.05) is 12.1 Å². The Bertz CT molecular complexity index is 1150. The first kappa shape index (κ1) is 21.1. The molecule has 0 spiro atoms. The molecule has 0 saturated carbocycles. The first-order valence-electron chi connectivity index (χ1n) is 10.5. The van der Waals surface area contributed by atoms with Crippen molar-refractivity contribution in [3.8, 4) is 11.5 Å². The van der Waals surface area contributed by atoms with Crippen LogP contribution in [0.1, 0.15) is 17.3 Å². The number of carbonyl (C=O) groups is 2. The SMILES string of the molecule is CC(=O)c1cccc(NC(=O)O[C@@H]2CO[C@H]3[C@@H]2OC[C@@H]3Nc2nccc(-c3ccco3)n2)c1. The molecule has 2 aliphatic heterocycles. The van der Waals surface area contributed by atoms with Gasteiger partial charge in [0.05, 0.1) is 25.5 Å². The monoisotopic (exact) mass is 450 g/mol. The fourth-order valence-electron chi connectivity index (χ4n) is 3.95. The van der Waals surface area contributed by atoms with Crippen LogP contribution in [0.15, 0.2) is 59.3 Å². The molecule has 1 aromatic carbocycles. The number of aromatic nitrogens is 2. The van der Waals surface area contributed by atoms with Gasteiger partial charge in [0.1, 0.15) is 17.9 Å². The molecule has 2 saturated heterocycles. The number of ether oxygens (including phenoxy) is 3. The van der Waals surface area contributed by atoms with E-state index in [0.29, 0.717) is 35.3 Å². The molecule has 2 fully saturated rings. The molecule has 0 aliphatic carbocycles. The van der Waals surface area contributed by atoms with Gasteiger partial charge in [-0.2, -0.15) is 0 Å². The van der Waals surface area contributed by atoms with E-state index in [9.17, 15) is 9.59 Å². The van der Waals surface area contributed by atoms with Crippen LogP contribution in [0.4, 0.5) is 16.4 Å². The fourth-order valence-corrected chi connectivity index (χ4v) is 3.95. The van der Waals surface area contributed by atoms with Crippen molar-refractivity contribution in [1.29, 1.82) is 0 Å². The van der Waals surface area contributed by atoms with Gasteiger partial charge in [-0.25, -0.2) is 14.8 Å². The van der Waals surface area contributed by atoms with Crippen LogP contribution < -0.4 is 10.6 Å². The number of hydrogen-bond donors (Lipinski definition) is 2. The summed E-state index contributed by atoms with van der Waals surface area (Å²) in [6.07, 6.45) is 1.30. The zero-order valence-electron chi connectivity index (χ0n) is 17.8. The van der Waals surface area contributed by atoms with E-state index in [2.05, 4.69) is 20.6 Å². The average molecular weight is 450 g/mol. The predicted octanol–water partition coefficient (Wildman–Crippen LogP) is 3.13. The quantitative estimate of drug-likeness (QED) is 0.545. The lowest BCUT2D eigenvalue weighted by molar-refractivity contribution is 0.00916. The third-order valence-corrected chi connectivity index (χ3v) is 5.53. The van der Waals surface area contributed by atoms with Gasteiger partial charge in [-0.05, 0) is 37.3 Å². The van der Waals surface area contributed by atoms with E-state index in [1.807, 2.05) is 6.07 Å². The molecule has 10 nitrogen and oxygen atoms in total. The van der Waals surface area contributed by atoms with Gasteiger partial charge in [0.15, 0.2) is 17.6 Å². The maximum absolute atomic E-state index is 12.4. The number of hydrogen-bond acceptors (Lipinski definition) is 9. The number of nitrogens with one attached hydrogen (secondary N) is 2. The number of rotatable bonds is 6. The third-order valence-electron chi connectivity index (χ3n) is 5.53. The standard InChI is InChI=1S/C23H22N4O6/c1-13(28)14-4-2-5-15(10-14)25-23(29)33-19-12-32-20-17(11-31-21(19)20)27-22-24-8-7-16(26-22)18-6-3-9-30-18/h2-10,17,19-21H,11-12H2,1H3,(H,25,29)(H,24,26,27)/t17-,19+,20+,21+/m0/s1. The van der Waals surface area contributed by atoms with Crippen LogP contribution in [-0.2, 0) is 14.2 Å². The molecule has 10 heteroatoms. The highest BCUT2D eigenvalue weighted by Gasteiger charge is 2.49. The minimum atomic E-state index is -0.639. The lowest BCUT2D eigenvalue weighted by Gasteiger charge is -2.18. The highest BCUT2D eigenvalue weighted by atomic mass is 16.6. The van der Waals surface area contributed by atoms with Gasteiger partial charge < -0.3 is 23.9 Å². The molecule has 3 aromatic rings. The van der Waals surface area contributed by atoms with Gasteiger partial charge in [-0.3, -0.25) is 10.1 Å². The molecule has 4 atom stereocenters. The van der Waals surface area contributed by atoms with Gasteiger partial charge in [-0.15, -0.1) is 0 Å². The summed E-state index contributed by atoms with van der Waals surface area (Å²) >= 11 is 0. The molecule has 0 bridgehead atoms. The van der Waals surface area contributed by atoms with Crippen molar-refractivity contribution >= 4 is 23.5 Å². The number of ketones is 1. The zero-order chi connectivity index (χ0) is 22.8. The van der Waals surface area contributed by atoms with Crippen LogP contribution in [0.2, 0.25) is 0 Å². The smallest absolute Gasteiger partial charge is 0.412 e. The van der Waals surface area contributed by atoms with Crippen molar-refractivity contribution in [2.75, 3.05) is 23.8 Å². The number of anilines is 2. The number of furan rings is 1. The Labute approximate surface area is 189 Å². The minimum absolute atomic E-state index is 0.0874. The van der Waals surface area contributed by atoms with Crippen molar-refractivity contribution in [2.45, 2.75) is 31.3 Å². The van der Waals surface area contributed by atoms with E-state index in [1.54, 1.807) is 48.9 Å². The van der Waals surface area contributed by atoms with Crippen molar-refractivity contribution in [1.82, 2.24) is 9.97 Å². The topological polar surface area (TPSA) is 125 Å². The first-order chi connectivity index (χ1) is 16.1. The van der Waals surface area contributed by atoms with Crippen LogP contribution in [0.5, 0.6) is 0 Å². The van der Waals surface area contributed by atoms with Gasteiger partial charge in [0.2, 0.25) is 5.95 Å². The molecule has 2 aliphatic rings. The van der Waals surface area contributed by atoms with Crippen LogP contribution in [0.25, 0.3) is 11.5 Å². The summed E-state index contributed by atoms with van der Waals surface area (Å²) in [5.41, 5.74) is 1.64. The van der Waals surface area contributed by atoms with Crippen LogP contribution >= 0.6 is 0 Å². The van der Waals surface area contributed by atoms with E-state index >= 15 is 0 Å². The Hall–Kier alpha value is -3.76. The third kappa shape index (κ3) is 4.57. The minimum Gasteiger partial charge on any atom is -0.463 e. The highest BCUT2D eigenvalue weighted by molar-refractivity contribution is 5.96. The molecular weight excluding hydrogens is 428 g/mol. The van der Waals surface area contributed by atoms with Crippen LogP contribution in [0.3, 0.4) is 0 Å². The molecular formula is C23H22N4O6. The van der Waals surface area contributed by atoms with Crippen molar-refractivity contribution in [3.63, 3.8) is 0 Å². The van der Waals surface area contributed by atoms with Crippen LogP contribution in [-0.4, -0.2) is 59.4 Å². The molecule has 33 heavy (non-hydrogen) atoms. The van der Waals surface area contributed by atoms with Crippen molar-refractivity contribution < 1.29 is 28.2 Å². The van der Waals surface area contributed by atoms with Gasteiger partial charge >= 0.3 is 6.09 Å². The second-order valence-corrected chi connectivity index (χ2v) is 7.80. The number of carbonyl (C=O) groups excluding carboxylic acids is 2. The molecule has 0 radical (unpaired) electrons. The van der Waals surface area contributed by atoms with Crippen LogP contribution in [0, 0.1) is 0 Å². The molecule has 1 amide bonds.